The highest BCUT2D eigenvalue weighted by molar-refractivity contribution is 9.10. The zero-order valence-corrected chi connectivity index (χ0v) is 13.6. The third-order valence-electron chi connectivity index (χ3n) is 2.78. The van der Waals surface area contributed by atoms with Gasteiger partial charge in [-0.25, -0.2) is 4.39 Å². The Morgan fingerprint density at radius 2 is 2.00 bits per heavy atom. The first-order chi connectivity index (χ1) is 9.95. The van der Waals surface area contributed by atoms with Crippen molar-refractivity contribution >= 4 is 44.8 Å². The van der Waals surface area contributed by atoms with Gasteiger partial charge >= 0.3 is 0 Å². The van der Waals surface area contributed by atoms with Crippen LogP contribution in [0.1, 0.15) is 12.5 Å². The van der Waals surface area contributed by atoms with Gasteiger partial charge < -0.3 is 10.6 Å². The van der Waals surface area contributed by atoms with E-state index in [2.05, 4.69) is 26.6 Å². The number of amides is 1. The van der Waals surface area contributed by atoms with Gasteiger partial charge in [0.1, 0.15) is 5.82 Å². The Kier molecular flexibility index (Phi) is 5.20. The number of hydrogen-bond donors (Lipinski definition) is 2. The Morgan fingerprint density at radius 3 is 2.67 bits per heavy atom. The SMILES string of the molecule is CC(=O)Nc1ccc(Cl)cc1NCc1ccc(Br)cc1F. The molecule has 2 aromatic rings. The average Bonchev–Trinajstić information content (AvgIpc) is 2.40. The van der Waals surface area contributed by atoms with E-state index < -0.39 is 0 Å². The van der Waals surface area contributed by atoms with E-state index in [1.807, 2.05) is 0 Å². The van der Waals surface area contributed by atoms with E-state index in [1.54, 1.807) is 30.3 Å². The van der Waals surface area contributed by atoms with Gasteiger partial charge in [-0.15, -0.1) is 0 Å². The van der Waals surface area contributed by atoms with Crippen LogP contribution in [0.3, 0.4) is 0 Å². The molecule has 0 atom stereocenters. The maximum atomic E-state index is 13.8. The second-order valence-electron chi connectivity index (χ2n) is 4.46. The molecule has 1 amide bonds. The van der Waals surface area contributed by atoms with Gasteiger partial charge in [0.2, 0.25) is 5.91 Å². The highest BCUT2D eigenvalue weighted by Crippen LogP contribution is 2.27. The van der Waals surface area contributed by atoms with Crippen molar-refractivity contribution in [2.75, 3.05) is 10.6 Å². The first kappa shape index (κ1) is 15.8. The van der Waals surface area contributed by atoms with Crippen LogP contribution in [0.4, 0.5) is 15.8 Å². The van der Waals surface area contributed by atoms with Crippen LogP contribution >= 0.6 is 27.5 Å². The molecule has 0 radical (unpaired) electrons. The lowest BCUT2D eigenvalue weighted by atomic mass is 10.2. The van der Waals surface area contributed by atoms with Gasteiger partial charge in [0.15, 0.2) is 0 Å². The summed E-state index contributed by atoms with van der Waals surface area (Å²) in [5.74, 6) is -0.491. The van der Waals surface area contributed by atoms with Crippen LogP contribution in [-0.4, -0.2) is 5.91 Å². The molecule has 2 aromatic carbocycles. The van der Waals surface area contributed by atoms with Crippen LogP contribution in [0, 0.1) is 5.82 Å². The van der Waals surface area contributed by atoms with E-state index in [9.17, 15) is 9.18 Å². The molecule has 21 heavy (non-hydrogen) atoms. The minimum atomic E-state index is -0.306. The van der Waals surface area contributed by atoms with Crippen molar-refractivity contribution in [3.63, 3.8) is 0 Å². The molecule has 0 aromatic heterocycles. The van der Waals surface area contributed by atoms with E-state index in [0.717, 1.165) is 0 Å². The molecule has 0 unspecified atom stereocenters. The predicted molar refractivity (Wildman–Crippen MR) is 87.2 cm³/mol. The van der Waals surface area contributed by atoms with Gasteiger partial charge in [-0.05, 0) is 30.3 Å². The second kappa shape index (κ2) is 6.91. The molecule has 0 bridgehead atoms. The lowest BCUT2D eigenvalue weighted by Gasteiger charge is -2.13. The number of hydrogen-bond acceptors (Lipinski definition) is 2. The number of carbonyl (C=O) groups excluding carboxylic acids is 1. The summed E-state index contributed by atoms with van der Waals surface area (Å²) in [7, 11) is 0. The summed E-state index contributed by atoms with van der Waals surface area (Å²) in [6.07, 6.45) is 0. The van der Waals surface area contributed by atoms with Crippen molar-refractivity contribution < 1.29 is 9.18 Å². The van der Waals surface area contributed by atoms with Crippen LogP contribution in [0.25, 0.3) is 0 Å². The minimum Gasteiger partial charge on any atom is -0.379 e. The lowest BCUT2D eigenvalue weighted by Crippen LogP contribution is -2.10. The average molecular weight is 372 g/mol. The third kappa shape index (κ3) is 4.44. The van der Waals surface area contributed by atoms with Gasteiger partial charge in [0.05, 0.1) is 11.4 Å². The number of anilines is 2. The van der Waals surface area contributed by atoms with Crippen molar-refractivity contribution in [3.05, 3.63) is 57.3 Å². The first-order valence-electron chi connectivity index (χ1n) is 6.20. The van der Waals surface area contributed by atoms with Crippen molar-refractivity contribution in [3.8, 4) is 0 Å². The monoisotopic (exact) mass is 370 g/mol. The Balaban J connectivity index is 2.18. The van der Waals surface area contributed by atoms with E-state index in [0.29, 0.717) is 26.4 Å². The van der Waals surface area contributed by atoms with Crippen molar-refractivity contribution in [1.82, 2.24) is 0 Å². The standard InChI is InChI=1S/C15H13BrClFN2O/c1-9(21)20-14-5-4-12(17)7-15(14)19-8-10-2-3-11(16)6-13(10)18/h2-7,19H,8H2,1H3,(H,20,21). The molecule has 0 aliphatic carbocycles. The molecule has 0 fully saturated rings. The number of halogens is 3. The molecule has 0 heterocycles. The number of rotatable bonds is 4. The topological polar surface area (TPSA) is 41.1 Å². The number of carbonyl (C=O) groups is 1. The zero-order chi connectivity index (χ0) is 15.4. The smallest absolute Gasteiger partial charge is 0.221 e. The van der Waals surface area contributed by atoms with Crippen LogP contribution in [0.2, 0.25) is 5.02 Å². The molecule has 110 valence electrons. The van der Waals surface area contributed by atoms with Crippen LogP contribution in [0.5, 0.6) is 0 Å². The Bertz CT molecular complexity index is 679. The Hall–Kier alpha value is -1.59. The second-order valence-corrected chi connectivity index (χ2v) is 5.81. The van der Waals surface area contributed by atoms with Crippen molar-refractivity contribution in [2.24, 2.45) is 0 Å². The normalized spacial score (nSPS) is 10.3. The maximum absolute atomic E-state index is 13.8. The highest BCUT2D eigenvalue weighted by Gasteiger charge is 2.07. The zero-order valence-electron chi connectivity index (χ0n) is 11.2. The summed E-state index contributed by atoms with van der Waals surface area (Å²) in [5.41, 5.74) is 1.76. The molecule has 0 aliphatic rings. The van der Waals surface area contributed by atoms with Gasteiger partial charge in [-0.2, -0.15) is 0 Å². The molecule has 2 rings (SSSR count). The van der Waals surface area contributed by atoms with Gasteiger partial charge in [0.25, 0.3) is 0 Å². The molecule has 6 heteroatoms. The van der Waals surface area contributed by atoms with Crippen LogP contribution in [0.15, 0.2) is 40.9 Å². The molecular formula is C15H13BrClFN2O. The van der Waals surface area contributed by atoms with Gasteiger partial charge in [-0.3, -0.25) is 4.79 Å². The molecule has 0 spiro atoms. The quantitative estimate of drug-likeness (QED) is 0.809. The predicted octanol–water partition coefficient (Wildman–Crippen LogP) is 4.81. The van der Waals surface area contributed by atoms with E-state index in [1.165, 1.54) is 13.0 Å². The first-order valence-corrected chi connectivity index (χ1v) is 7.38. The fraction of sp³-hybridized carbons (Fsp3) is 0.133. The summed E-state index contributed by atoms with van der Waals surface area (Å²) in [4.78, 5) is 11.2. The fourth-order valence-corrected chi connectivity index (χ4v) is 2.32. The molecule has 0 saturated heterocycles. The van der Waals surface area contributed by atoms with Crippen LogP contribution < -0.4 is 10.6 Å². The Morgan fingerprint density at radius 1 is 1.24 bits per heavy atom. The van der Waals surface area contributed by atoms with E-state index in [4.69, 9.17) is 11.6 Å². The molecule has 0 aliphatic heterocycles. The molecule has 2 N–H and O–H groups in total. The molecular weight excluding hydrogens is 359 g/mol. The lowest BCUT2D eigenvalue weighted by molar-refractivity contribution is -0.114. The molecule has 3 nitrogen and oxygen atoms in total. The van der Waals surface area contributed by atoms with Gasteiger partial charge in [-0.1, -0.05) is 33.6 Å². The fourth-order valence-electron chi connectivity index (χ4n) is 1.82. The highest BCUT2D eigenvalue weighted by atomic mass is 79.9. The van der Waals surface area contributed by atoms with Gasteiger partial charge in [0, 0.05) is 28.5 Å². The maximum Gasteiger partial charge on any atom is 0.221 e. The summed E-state index contributed by atoms with van der Waals surface area (Å²) in [5, 5.41) is 6.31. The van der Waals surface area contributed by atoms with Crippen molar-refractivity contribution in [1.29, 1.82) is 0 Å². The number of benzene rings is 2. The summed E-state index contributed by atoms with van der Waals surface area (Å²) >= 11 is 9.17. The minimum absolute atomic E-state index is 0.185. The summed E-state index contributed by atoms with van der Waals surface area (Å²) < 4.78 is 14.5. The Labute approximate surface area is 135 Å². The summed E-state index contributed by atoms with van der Waals surface area (Å²) in [6, 6.07) is 9.93. The van der Waals surface area contributed by atoms with Crippen LogP contribution in [-0.2, 0) is 11.3 Å². The van der Waals surface area contributed by atoms with Crippen molar-refractivity contribution in [2.45, 2.75) is 13.5 Å². The largest absolute Gasteiger partial charge is 0.379 e. The number of nitrogens with one attached hydrogen (secondary N) is 2. The third-order valence-corrected chi connectivity index (χ3v) is 3.51. The summed E-state index contributed by atoms with van der Waals surface area (Å²) in [6.45, 7) is 1.71. The molecule has 0 saturated carbocycles. The van der Waals surface area contributed by atoms with E-state index >= 15 is 0 Å². The van der Waals surface area contributed by atoms with E-state index in [-0.39, 0.29) is 18.3 Å².